The van der Waals surface area contributed by atoms with Crippen molar-refractivity contribution >= 4 is 70.0 Å². The molecule has 0 saturated heterocycles. The molecule has 0 aliphatic rings. The Balaban J connectivity index is 1.35. The van der Waals surface area contributed by atoms with E-state index in [0.29, 0.717) is 38.9 Å². The van der Waals surface area contributed by atoms with Crippen LogP contribution in [-0.4, -0.2) is 26.3 Å². The molecule has 0 atom stereocenters. The van der Waals surface area contributed by atoms with Crippen LogP contribution in [0.4, 0.5) is 40.6 Å². The normalized spacial score (nSPS) is 11.2. The number of hydrazone groups is 1. The first-order chi connectivity index (χ1) is 19.5. The topological polar surface area (TPSA) is 132 Å². The molecule has 12 heteroatoms. The fourth-order valence-corrected chi connectivity index (χ4v) is 3.83. The third-order valence-corrected chi connectivity index (χ3v) is 5.80. The molecule has 4 aromatic carbocycles. The number of nitrogens with zero attached hydrogens (tertiary/aromatic N) is 6. The van der Waals surface area contributed by atoms with E-state index in [1.54, 1.807) is 30.3 Å². The summed E-state index contributed by atoms with van der Waals surface area (Å²) in [5, 5.41) is 30.1. The Kier molecular flexibility index (Phi) is 8.40. The second-order valence-corrected chi connectivity index (χ2v) is 9.04. The SMILES string of the molecule is Oc1ccc(N=Nc2ccc(Cl)cc2Cl)cc1/C=N\Nc1nc(Nc2ccccc2)nc(Nc2ccccc2)n1. The van der Waals surface area contributed by atoms with Gasteiger partial charge >= 0.3 is 0 Å². The Labute approximate surface area is 239 Å². The molecular weight excluding hydrogens is 549 g/mol. The maximum absolute atomic E-state index is 10.3. The summed E-state index contributed by atoms with van der Waals surface area (Å²) in [4.78, 5) is 13.3. The molecular formula is C28H21Cl2N9O. The minimum atomic E-state index is 0.00235. The molecule has 0 amide bonds. The number of nitrogens with one attached hydrogen (secondary N) is 3. The van der Waals surface area contributed by atoms with Crippen LogP contribution >= 0.6 is 23.2 Å². The lowest BCUT2D eigenvalue weighted by Gasteiger charge is -2.10. The van der Waals surface area contributed by atoms with Crippen LogP contribution in [0.5, 0.6) is 5.75 Å². The zero-order valence-electron chi connectivity index (χ0n) is 20.7. The quantitative estimate of drug-likeness (QED) is 0.0797. The monoisotopic (exact) mass is 569 g/mol. The third-order valence-electron chi connectivity index (χ3n) is 5.26. The van der Waals surface area contributed by atoms with Gasteiger partial charge in [-0.1, -0.05) is 59.6 Å². The summed E-state index contributed by atoms with van der Waals surface area (Å²) in [6.07, 6.45) is 1.42. The lowest BCUT2D eigenvalue weighted by atomic mass is 10.2. The van der Waals surface area contributed by atoms with E-state index in [9.17, 15) is 5.11 Å². The molecule has 1 aromatic heterocycles. The van der Waals surface area contributed by atoms with E-state index in [1.807, 2.05) is 60.7 Å². The van der Waals surface area contributed by atoms with Gasteiger partial charge in [0, 0.05) is 22.0 Å². The van der Waals surface area contributed by atoms with Crippen LogP contribution < -0.4 is 16.1 Å². The zero-order chi connectivity index (χ0) is 27.7. The number of benzene rings is 4. The number of aromatic hydroxyl groups is 1. The predicted molar refractivity (Wildman–Crippen MR) is 159 cm³/mol. The van der Waals surface area contributed by atoms with Crippen molar-refractivity contribution in [3.05, 3.63) is 113 Å². The van der Waals surface area contributed by atoms with Gasteiger partial charge in [-0.15, -0.1) is 5.11 Å². The molecule has 198 valence electrons. The Morgan fingerprint density at radius 3 is 1.93 bits per heavy atom. The Morgan fingerprint density at radius 1 is 0.675 bits per heavy atom. The maximum Gasteiger partial charge on any atom is 0.250 e. The number of anilines is 5. The molecule has 1 heterocycles. The van der Waals surface area contributed by atoms with Gasteiger partial charge in [-0.3, -0.25) is 0 Å². The lowest BCUT2D eigenvalue weighted by Crippen LogP contribution is -2.07. The average Bonchev–Trinajstić information content (AvgIpc) is 2.95. The lowest BCUT2D eigenvalue weighted by molar-refractivity contribution is 0.474. The van der Waals surface area contributed by atoms with Gasteiger partial charge in [0.05, 0.1) is 16.9 Å². The number of phenols is 1. The van der Waals surface area contributed by atoms with Crippen LogP contribution in [0.25, 0.3) is 0 Å². The van der Waals surface area contributed by atoms with Crippen molar-refractivity contribution in [2.75, 3.05) is 16.1 Å². The van der Waals surface area contributed by atoms with E-state index >= 15 is 0 Å². The highest BCUT2D eigenvalue weighted by molar-refractivity contribution is 6.36. The Hall–Kier alpha value is -5.06. The summed E-state index contributed by atoms with van der Waals surface area (Å²) in [5.74, 6) is 0.797. The van der Waals surface area contributed by atoms with E-state index < -0.39 is 0 Å². The molecule has 0 aliphatic heterocycles. The number of azo groups is 1. The Morgan fingerprint density at radius 2 is 1.30 bits per heavy atom. The molecule has 0 aliphatic carbocycles. The largest absolute Gasteiger partial charge is 0.507 e. The second-order valence-electron chi connectivity index (χ2n) is 8.20. The molecule has 0 saturated carbocycles. The highest BCUT2D eigenvalue weighted by Gasteiger charge is 2.08. The number of aromatic nitrogens is 3. The summed E-state index contributed by atoms with van der Waals surface area (Å²) < 4.78 is 0. The molecule has 10 nitrogen and oxygen atoms in total. The van der Waals surface area contributed by atoms with E-state index in [-0.39, 0.29) is 11.7 Å². The summed E-state index contributed by atoms with van der Waals surface area (Å²) in [7, 11) is 0. The fraction of sp³-hybridized carbons (Fsp3) is 0. The van der Waals surface area contributed by atoms with E-state index in [2.05, 4.69) is 46.3 Å². The molecule has 0 spiro atoms. The van der Waals surface area contributed by atoms with E-state index in [0.717, 1.165) is 11.4 Å². The highest BCUT2D eigenvalue weighted by atomic mass is 35.5. The van der Waals surface area contributed by atoms with Gasteiger partial charge in [0.2, 0.25) is 17.8 Å². The molecule has 0 radical (unpaired) electrons. The van der Waals surface area contributed by atoms with Gasteiger partial charge in [0.15, 0.2) is 0 Å². The number of rotatable bonds is 9. The maximum atomic E-state index is 10.3. The van der Waals surface area contributed by atoms with Crippen LogP contribution in [0.1, 0.15) is 5.56 Å². The van der Waals surface area contributed by atoms with Gasteiger partial charge in [0.1, 0.15) is 11.4 Å². The van der Waals surface area contributed by atoms with Crippen molar-refractivity contribution in [2.45, 2.75) is 0 Å². The van der Waals surface area contributed by atoms with Gasteiger partial charge in [-0.25, -0.2) is 5.43 Å². The Bertz CT molecular complexity index is 1610. The summed E-state index contributed by atoms with van der Waals surface area (Å²) >= 11 is 12.1. The smallest absolute Gasteiger partial charge is 0.250 e. The van der Waals surface area contributed by atoms with Gasteiger partial charge in [-0.05, 0) is 60.7 Å². The van der Waals surface area contributed by atoms with Crippen LogP contribution in [0.2, 0.25) is 10.0 Å². The van der Waals surface area contributed by atoms with Crippen LogP contribution in [-0.2, 0) is 0 Å². The zero-order valence-corrected chi connectivity index (χ0v) is 22.2. The van der Waals surface area contributed by atoms with Gasteiger partial charge < -0.3 is 15.7 Å². The number of hydrogen-bond donors (Lipinski definition) is 4. The number of hydrogen-bond acceptors (Lipinski definition) is 10. The van der Waals surface area contributed by atoms with Crippen LogP contribution in [0.15, 0.2) is 112 Å². The summed E-state index contributed by atoms with van der Waals surface area (Å²) in [6.45, 7) is 0. The van der Waals surface area contributed by atoms with Crippen molar-refractivity contribution in [3.8, 4) is 5.75 Å². The van der Waals surface area contributed by atoms with Crippen molar-refractivity contribution in [1.29, 1.82) is 0 Å². The van der Waals surface area contributed by atoms with Crippen LogP contribution in [0.3, 0.4) is 0 Å². The standard InChI is InChI=1S/C28H21Cl2N9O/c29-19-11-13-24(23(30)16-19)38-37-22-12-14-25(40)18(15-22)17-31-39-28-35-26(32-20-7-3-1-4-8-20)34-27(36-28)33-21-9-5-2-6-10-21/h1-17,40H,(H3,32,33,34,35,36,39)/b31-17-,38-37?. The van der Waals surface area contributed by atoms with Crippen molar-refractivity contribution in [1.82, 2.24) is 15.0 Å². The van der Waals surface area contributed by atoms with Gasteiger partial charge in [-0.2, -0.15) is 25.2 Å². The highest BCUT2D eigenvalue weighted by Crippen LogP contribution is 2.30. The first-order valence-corrected chi connectivity index (χ1v) is 12.7. The number of para-hydroxylation sites is 2. The average molecular weight is 570 g/mol. The second kappa shape index (κ2) is 12.7. The predicted octanol–water partition coefficient (Wildman–Crippen LogP) is 8.23. The van der Waals surface area contributed by atoms with Crippen LogP contribution in [0, 0.1) is 0 Å². The summed E-state index contributed by atoms with van der Waals surface area (Å²) in [5.41, 5.74) is 5.75. The van der Waals surface area contributed by atoms with E-state index in [4.69, 9.17) is 23.2 Å². The number of halogens is 2. The minimum Gasteiger partial charge on any atom is -0.507 e. The van der Waals surface area contributed by atoms with Crippen molar-refractivity contribution in [2.24, 2.45) is 15.3 Å². The van der Waals surface area contributed by atoms with Crippen molar-refractivity contribution < 1.29 is 5.11 Å². The molecule has 5 aromatic rings. The molecule has 40 heavy (non-hydrogen) atoms. The van der Waals surface area contributed by atoms with Gasteiger partial charge in [0.25, 0.3) is 0 Å². The third kappa shape index (κ3) is 7.28. The number of phenolic OH excluding ortho intramolecular Hbond substituents is 1. The van der Waals surface area contributed by atoms with E-state index in [1.165, 1.54) is 12.3 Å². The molecule has 4 N–H and O–H groups in total. The first-order valence-electron chi connectivity index (χ1n) is 11.9. The molecule has 0 unspecified atom stereocenters. The van der Waals surface area contributed by atoms with Crippen molar-refractivity contribution in [3.63, 3.8) is 0 Å². The molecule has 5 rings (SSSR count). The molecule has 0 bridgehead atoms. The minimum absolute atomic E-state index is 0.00235. The molecule has 0 fully saturated rings. The first kappa shape index (κ1) is 26.5. The summed E-state index contributed by atoms with van der Waals surface area (Å²) in [6, 6.07) is 28.7. The fourth-order valence-electron chi connectivity index (χ4n) is 3.38.